The van der Waals surface area contributed by atoms with Crippen LogP contribution in [-0.4, -0.2) is 43.0 Å². The molecule has 1 atom stereocenters. The molecule has 0 saturated heterocycles. The van der Waals surface area contributed by atoms with Crippen molar-refractivity contribution in [1.82, 2.24) is 16.0 Å². The molecule has 8 nitrogen and oxygen atoms in total. The van der Waals surface area contributed by atoms with Gasteiger partial charge >= 0.3 is 12.0 Å². The number of carbonyl (C=O) groups excluding carboxylic acids is 4. The van der Waals surface area contributed by atoms with Crippen molar-refractivity contribution in [2.24, 2.45) is 5.92 Å². The normalized spacial score (nSPS) is 16.1. The van der Waals surface area contributed by atoms with Gasteiger partial charge in [-0.15, -0.1) is 0 Å². The SMILES string of the molecule is CCNC(=O)NC(=O)[C@@H](C)OC(=O)CNC(=O)C1CCCCC1. The summed E-state index contributed by atoms with van der Waals surface area (Å²) in [6.45, 7) is 3.16. The number of rotatable bonds is 6. The molecule has 1 rings (SSSR count). The van der Waals surface area contributed by atoms with Crippen LogP contribution in [0.5, 0.6) is 0 Å². The zero-order valence-electron chi connectivity index (χ0n) is 13.6. The minimum Gasteiger partial charge on any atom is -0.451 e. The Morgan fingerprint density at radius 2 is 1.74 bits per heavy atom. The number of ether oxygens (including phenoxy) is 1. The molecule has 8 heteroatoms. The van der Waals surface area contributed by atoms with E-state index in [1.807, 2.05) is 5.32 Å². The first kappa shape index (κ1) is 18.9. The molecule has 0 aromatic rings. The minimum atomic E-state index is -1.11. The summed E-state index contributed by atoms with van der Waals surface area (Å²) < 4.78 is 4.88. The molecule has 1 aliphatic rings. The molecule has 1 aliphatic carbocycles. The molecular weight excluding hydrogens is 302 g/mol. The standard InChI is InChI=1S/C15H25N3O5/c1-3-16-15(22)18-13(20)10(2)23-12(19)9-17-14(21)11-7-5-4-6-8-11/h10-11H,3-9H2,1-2H3,(H,17,21)(H2,16,18,20,22)/t10-/m1/s1. The molecule has 0 aromatic heterocycles. The van der Waals surface area contributed by atoms with E-state index in [-0.39, 0.29) is 18.4 Å². The Morgan fingerprint density at radius 3 is 2.35 bits per heavy atom. The smallest absolute Gasteiger partial charge is 0.326 e. The molecule has 0 aromatic carbocycles. The van der Waals surface area contributed by atoms with E-state index in [4.69, 9.17) is 4.74 Å². The van der Waals surface area contributed by atoms with Crippen molar-refractivity contribution in [2.45, 2.75) is 52.1 Å². The molecule has 0 spiro atoms. The average molecular weight is 327 g/mol. The topological polar surface area (TPSA) is 114 Å². The Morgan fingerprint density at radius 1 is 1.09 bits per heavy atom. The fourth-order valence-corrected chi connectivity index (χ4v) is 2.38. The lowest BCUT2D eigenvalue weighted by Gasteiger charge is -2.20. The molecule has 4 amide bonds. The van der Waals surface area contributed by atoms with Crippen molar-refractivity contribution >= 4 is 23.8 Å². The van der Waals surface area contributed by atoms with Gasteiger partial charge in [-0.1, -0.05) is 19.3 Å². The van der Waals surface area contributed by atoms with Gasteiger partial charge < -0.3 is 15.4 Å². The van der Waals surface area contributed by atoms with Crippen molar-refractivity contribution in [3.63, 3.8) is 0 Å². The van der Waals surface area contributed by atoms with Crippen LogP contribution < -0.4 is 16.0 Å². The van der Waals surface area contributed by atoms with Gasteiger partial charge in [0.15, 0.2) is 6.10 Å². The predicted octanol–water partition coefficient (Wildman–Crippen LogP) is 0.460. The predicted molar refractivity (Wildman–Crippen MR) is 82.4 cm³/mol. The first-order chi connectivity index (χ1) is 10.9. The van der Waals surface area contributed by atoms with E-state index >= 15 is 0 Å². The van der Waals surface area contributed by atoms with Crippen LogP contribution in [0.15, 0.2) is 0 Å². The van der Waals surface area contributed by atoms with E-state index in [2.05, 4.69) is 10.6 Å². The van der Waals surface area contributed by atoms with Crippen molar-refractivity contribution in [2.75, 3.05) is 13.1 Å². The van der Waals surface area contributed by atoms with Gasteiger partial charge in [0.1, 0.15) is 6.54 Å². The zero-order chi connectivity index (χ0) is 17.2. The molecule has 23 heavy (non-hydrogen) atoms. The summed E-state index contributed by atoms with van der Waals surface area (Å²) in [6.07, 6.45) is 3.76. The highest BCUT2D eigenvalue weighted by atomic mass is 16.5. The molecule has 3 N–H and O–H groups in total. The Kier molecular flexibility index (Phi) is 8.07. The maximum absolute atomic E-state index is 11.9. The number of esters is 1. The van der Waals surface area contributed by atoms with Crippen molar-refractivity contribution in [1.29, 1.82) is 0 Å². The van der Waals surface area contributed by atoms with Gasteiger partial charge in [0.05, 0.1) is 0 Å². The summed E-state index contributed by atoms with van der Waals surface area (Å²) in [5, 5.41) is 6.97. The molecule has 0 radical (unpaired) electrons. The summed E-state index contributed by atoms with van der Waals surface area (Å²) in [7, 11) is 0. The van der Waals surface area contributed by atoms with E-state index in [1.54, 1.807) is 6.92 Å². The van der Waals surface area contributed by atoms with Crippen LogP contribution in [0.25, 0.3) is 0 Å². The van der Waals surface area contributed by atoms with Gasteiger partial charge in [0, 0.05) is 12.5 Å². The van der Waals surface area contributed by atoms with Crippen molar-refractivity contribution in [3.05, 3.63) is 0 Å². The first-order valence-electron chi connectivity index (χ1n) is 8.00. The highest BCUT2D eigenvalue weighted by Crippen LogP contribution is 2.23. The van der Waals surface area contributed by atoms with Crippen LogP contribution in [0.2, 0.25) is 0 Å². The molecule has 0 heterocycles. The van der Waals surface area contributed by atoms with Crippen LogP contribution in [-0.2, 0) is 19.1 Å². The largest absolute Gasteiger partial charge is 0.451 e. The Balaban J connectivity index is 2.27. The summed E-state index contributed by atoms with van der Waals surface area (Å²) in [6, 6.07) is -0.647. The second kappa shape index (κ2) is 9.81. The minimum absolute atomic E-state index is 0.0463. The van der Waals surface area contributed by atoms with Crippen LogP contribution >= 0.6 is 0 Å². The van der Waals surface area contributed by atoms with Crippen LogP contribution in [0.3, 0.4) is 0 Å². The van der Waals surface area contributed by atoms with E-state index in [9.17, 15) is 19.2 Å². The summed E-state index contributed by atoms with van der Waals surface area (Å²) in [4.78, 5) is 46.3. The lowest BCUT2D eigenvalue weighted by Crippen LogP contribution is -2.45. The molecule has 1 saturated carbocycles. The number of carbonyl (C=O) groups is 4. The average Bonchev–Trinajstić information content (AvgIpc) is 2.53. The maximum atomic E-state index is 11.9. The molecule has 1 fully saturated rings. The van der Waals surface area contributed by atoms with Gasteiger partial charge in [-0.05, 0) is 26.7 Å². The third-order valence-corrected chi connectivity index (χ3v) is 3.63. The van der Waals surface area contributed by atoms with E-state index in [1.165, 1.54) is 6.92 Å². The van der Waals surface area contributed by atoms with Crippen LogP contribution in [0, 0.1) is 5.92 Å². The van der Waals surface area contributed by atoms with Gasteiger partial charge in [-0.25, -0.2) is 4.79 Å². The van der Waals surface area contributed by atoms with E-state index in [0.717, 1.165) is 32.1 Å². The maximum Gasteiger partial charge on any atom is 0.326 e. The fourth-order valence-electron chi connectivity index (χ4n) is 2.38. The van der Waals surface area contributed by atoms with Crippen molar-refractivity contribution in [3.8, 4) is 0 Å². The lowest BCUT2D eigenvalue weighted by atomic mass is 9.89. The third-order valence-electron chi connectivity index (χ3n) is 3.63. The molecule has 0 aliphatic heterocycles. The van der Waals surface area contributed by atoms with Gasteiger partial charge in [-0.2, -0.15) is 0 Å². The fraction of sp³-hybridized carbons (Fsp3) is 0.733. The highest BCUT2D eigenvalue weighted by molar-refractivity contribution is 5.97. The summed E-state index contributed by atoms with van der Waals surface area (Å²) in [5.41, 5.74) is 0. The van der Waals surface area contributed by atoms with Gasteiger partial charge in [-0.3, -0.25) is 19.7 Å². The monoisotopic (exact) mass is 327 g/mol. The molecular formula is C15H25N3O5. The number of hydrogen-bond donors (Lipinski definition) is 3. The van der Waals surface area contributed by atoms with E-state index < -0.39 is 24.0 Å². The van der Waals surface area contributed by atoms with Gasteiger partial charge in [0.2, 0.25) is 5.91 Å². The third kappa shape index (κ3) is 7.12. The number of nitrogens with one attached hydrogen (secondary N) is 3. The highest BCUT2D eigenvalue weighted by Gasteiger charge is 2.23. The molecule has 0 unspecified atom stereocenters. The van der Waals surface area contributed by atoms with Gasteiger partial charge in [0.25, 0.3) is 5.91 Å². The Labute approximate surface area is 135 Å². The zero-order valence-corrected chi connectivity index (χ0v) is 13.6. The lowest BCUT2D eigenvalue weighted by molar-refractivity contribution is -0.154. The number of urea groups is 1. The Bertz CT molecular complexity index is 446. The van der Waals surface area contributed by atoms with E-state index in [0.29, 0.717) is 6.54 Å². The second-order valence-corrected chi connectivity index (χ2v) is 5.53. The van der Waals surface area contributed by atoms with Crippen LogP contribution in [0.1, 0.15) is 46.0 Å². The second-order valence-electron chi connectivity index (χ2n) is 5.53. The van der Waals surface area contributed by atoms with Crippen LogP contribution in [0.4, 0.5) is 4.79 Å². The number of imide groups is 1. The number of amides is 4. The Hall–Kier alpha value is -2.12. The quantitative estimate of drug-likeness (QED) is 0.613. The first-order valence-corrected chi connectivity index (χ1v) is 8.00. The molecule has 130 valence electrons. The van der Waals surface area contributed by atoms with Crippen molar-refractivity contribution < 1.29 is 23.9 Å². The summed E-state index contributed by atoms with van der Waals surface area (Å²) in [5.74, 6) is -1.63. The summed E-state index contributed by atoms with van der Waals surface area (Å²) >= 11 is 0. The number of hydrogen-bond acceptors (Lipinski definition) is 5. The molecule has 0 bridgehead atoms.